The van der Waals surface area contributed by atoms with Crippen molar-refractivity contribution in [2.75, 3.05) is 13.2 Å². The zero-order valence-corrected chi connectivity index (χ0v) is 19.2. The van der Waals surface area contributed by atoms with Crippen molar-refractivity contribution >= 4 is 23.5 Å². The van der Waals surface area contributed by atoms with Gasteiger partial charge in [0.15, 0.2) is 0 Å². The molecule has 7 heteroatoms. The van der Waals surface area contributed by atoms with Gasteiger partial charge in [0.2, 0.25) is 5.88 Å². The molecule has 0 radical (unpaired) electrons. The van der Waals surface area contributed by atoms with Crippen LogP contribution in [0.15, 0.2) is 30.3 Å². The minimum absolute atomic E-state index is 0.235. The molecule has 0 aliphatic heterocycles. The molecule has 2 rings (SSSR count). The zero-order chi connectivity index (χ0) is 22.8. The molecule has 0 bridgehead atoms. The van der Waals surface area contributed by atoms with Crippen LogP contribution in [0.5, 0.6) is 5.88 Å². The first kappa shape index (κ1) is 24.7. The van der Waals surface area contributed by atoms with Crippen LogP contribution in [-0.4, -0.2) is 35.1 Å². The molecule has 1 amide bonds. The number of hydrogen-bond acceptors (Lipinski definition) is 4. The Bertz CT molecular complexity index is 884. The monoisotopic (exact) mass is 446 g/mol. The van der Waals surface area contributed by atoms with Crippen LogP contribution in [0.25, 0.3) is 0 Å². The second-order valence-corrected chi connectivity index (χ2v) is 8.05. The van der Waals surface area contributed by atoms with Crippen LogP contribution >= 0.6 is 11.6 Å². The third-order valence-corrected chi connectivity index (χ3v) is 5.64. The summed E-state index contributed by atoms with van der Waals surface area (Å²) >= 11 is 6.21. The third-order valence-electron chi connectivity index (χ3n) is 5.26. The molecule has 0 spiro atoms. The Morgan fingerprint density at radius 1 is 1.23 bits per heavy atom. The van der Waals surface area contributed by atoms with Gasteiger partial charge in [0, 0.05) is 6.54 Å². The largest absolute Gasteiger partial charge is 0.478 e. The quantitative estimate of drug-likeness (QED) is 0.461. The van der Waals surface area contributed by atoms with Crippen molar-refractivity contribution in [1.82, 2.24) is 10.3 Å². The number of aryl methyl sites for hydroxylation is 1. The Kier molecular flexibility index (Phi) is 9.79. The molecule has 2 N–H and O–H groups in total. The number of unbranched alkanes of at least 4 members (excludes halogenated alkanes) is 1. The number of hydrogen-bond donors (Lipinski definition) is 2. The van der Waals surface area contributed by atoms with Gasteiger partial charge < -0.3 is 15.2 Å². The highest BCUT2D eigenvalue weighted by Gasteiger charge is 2.18. The van der Waals surface area contributed by atoms with E-state index in [9.17, 15) is 9.59 Å². The van der Waals surface area contributed by atoms with E-state index >= 15 is 0 Å². The number of carbonyl (C=O) groups is 2. The number of rotatable bonds is 12. The number of pyridine rings is 1. The van der Waals surface area contributed by atoms with Crippen molar-refractivity contribution in [1.29, 1.82) is 0 Å². The van der Waals surface area contributed by atoms with Crippen molar-refractivity contribution < 1.29 is 19.4 Å². The highest BCUT2D eigenvalue weighted by Crippen LogP contribution is 2.24. The van der Waals surface area contributed by atoms with Crippen LogP contribution in [0.1, 0.15) is 71.5 Å². The predicted octanol–water partition coefficient (Wildman–Crippen LogP) is 5.31. The van der Waals surface area contributed by atoms with Crippen LogP contribution in [0.4, 0.5) is 0 Å². The van der Waals surface area contributed by atoms with Crippen LogP contribution in [-0.2, 0) is 6.42 Å². The van der Waals surface area contributed by atoms with Gasteiger partial charge in [-0.1, -0.05) is 56.8 Å². The van der Waals surface area contributed by atoms with Gasteiger partial charge >= 0.3 is 5.97 Å². The average molecular weight is 447 g/mol. The van der Waals surface area contributed by atoms with Crippen molar-refractivity contribution in [2.45, 2.75) is 52.9 Å². The summed E-state index contributed by atoms with van der Waals surface area (Å²) < 4.78 is 5.96. The summed E-state index contributed by atoms with van der Waals surface area (Å²) in [6, 6.07) is 8.20. The summed E-state index contributed by atoms with van der Waals surface area (Å²) in [5.41, 5.74) is 2.11. The minimum Gasteiger partial charge on any atom is -0.478 e. The van der Waals surface area contributed by atoms with Crippen LogP contribution < -0.4 is 10.1 Å². The molecule has 6 nitrogen and oxygen atoms in total. The van der Waals surface area contributed by atoms with Gasteiger partial charge in [-0.3, -0.25) is 4.79 Å². The van der Waals surface area contributed by atoms with Crippen molar-refractivity contribution in [3.63, 3.8) is 0 Å². The maximum absolute atomic E-state index is 12.8. The second-order valence-electron chi connectivity index (χ2n) is 7.64. The van der Waals surface area contributed by atoms with E-state index in [0.29, 0.717) is 47.7 Å². The maximum atomic E-state index is 12.8. The SMILES string of the molecule is CCCCC(CC)COc1nc(C)c(Cl)cc1C(=O)NCCc1ccc(C(=O)O)cc1. The van der Waals surface area contributed by atoms with Crippen LogP contribution in [0.3, 0.4) is 0 Å². The molecule has 2 aromatic rings. The van der Waals surface area contributed by atoms with Crippen molar-refractivity contribution in [2.24, 2.45) is 5.92 Å². The lowest BCUT2D eigenvalue weighted by Gasteiger charge is -2.17. The summed E-state index contributed by atoms with van der Waals surface area (Å²) in [4.78, 5) is 28.1. The highest BCUT2D eigenvalue weighted by molar-refractivity contribution is 6.31. The smallest absolute Gasteiger partial charge is 0.335 e. The van der Waals surface area contributed by atoms with E-state index in [2.05, 4.69) is 24.1 Å². The number of amides is 1. The van der Waals surface area contributed by atoms with E-state index in [1.807, 2.05) is 0 Å². The summed E-state index contributed by atoms with van der Waals surface area (Å²) in [5.74, 6) is -0.535. The summed E-state index contributed by atoms with van der Waals surface area (Å²) in [6.45, 7) is 7.00. The van der Waals surface area contributed by atoms with Gasteiger partial charge in [-0.25, -0.2) is 9.78 Å². The molecule has 1 heterocycles. The topological polar surface area (TPSA) is 88.5 Å². The molecule has 0 saturated carbocycles. The number of aromatic nitrogens is 1. The number of aromatic carboxylic acids is 1. The number of carbonyl (C=O) groups excluding carboxylic acids is 1. The van der Waals surface area contributed by atoms with E-state index in [1.165, 1.54) is 0 Å². The molecule has 168 valence electrons. The molecule has 1 aromatic heterocycles. The number of carboxylic acids is 1. The Morgan fingerprint density at radius 3 is 2.55 bits per heavy atom. The molecule has 1 aromatic carbocycles. The standard InChI is InChI=1S/C24H31ClN2O4/c1-4-6-7-17(5-2)15-31-23-20(14-21(25)16(3)27-23)22(28)26-13-12-18-8-10-19(11-9-18)24(29)30/h8-11,14,17H,4-7,12-13,15H2,1-3H3,(H,26,28)(H,29,30). The number of carboxylic acid groups (broad SMARTS) is 1. The lowest BCUT2D eigenvalue weighted by atomic mass is 10.0. The molecule has 0 aliphatic carbocycles. The fraction of sp³-hybridized carbons (Fsp3) is 0.458. The van der Waals surface area contributed by atoms with Gasteiger partial charge in [0.05, 0.1) is 22.9 Å². The first-order valence-electron chi connectivity index (χ1n) is 10.8. The van der Waals surface area contributed by atoms with E-state index in [-0.39, 0.29) is 11.5 Å². The molecular formula is C24H31ClN2O4. The van der Waals surface area contributed by atoms with Gasteiger partial charge in [-0.2, -0.15) is 0 Å². The molecule has 0 fully saturated rings. The van der Waals surface area contributed by atoms with E-state index in [1.54, 1.807) is 37.3 Å². The number of benzene rings is 1. The third kappa shape index (κ3) is 7.55. The number of nitrogens with one attached hydrogen (secondary N) is 1. The fourth-order valence-electron chi connectivity index (χ4n) is 3.16. The van der Waals surface area contributed by atoms with E-state index < -0.39 is 5.97 Å². The summed E-state index contributed by atoms with van der Waals surface area (Å²) in [5, 5.41) is 12.3. The molecule has 1 unspecified atom stereocenters. The first-order chi connectivity index (χ1) is 14.8. The predicted molar refractivity (Wildman–Crippen MR) is 122 cm³/mol. The zero-order valence-electron chi connectivity index (χ0n) is 18.4. The Labute approximate surface area is 189 Å². The molecular weight excluding hydrogens is 416 g/mol. The molecule has 0 aliphatic rings. The van der Waals surface area contributed by atoms with Crippen LogP contribution in [0, 0.1) is 12.8 Å². The molecule has 0 saturated heterocycles. The molecule has 1 atom stereocenters. The van der Waals surface area contributed by atoms with Gasteiger partial charge in [-0.15, -0.1) is 0 Å². The summed E-state index contributed by atoms with van der Waals surface area (Å²) in [6.07, 6.45) is 4.96. The van der Waals surface area contributed by atoms with Gasteiger partial charge in [-0.05, 0) is 49.4 Å². The normalized spacial score (nSPS) is 11.7. The van der Waals surface area contributed by atoms with E-state index in [0.717, 1.165) is 31.2 Å². The lowest BCUT2D eigenvalue weighted by molar-refractivity contribution is 0.0696. The van der Waals surface area contributed by atoms with E-state index in [4.69, 9.17) is 21.4 Å². The fourth-order valence-corrected chi connectivity index (χ4v) is 3.31. The highest BCUT2D eigenvalue weighted by atomic mass is 35.5. The van der Waals surface area contributed by atoms with Crippen molar-refractivity contribution in [3.05, 3.63) is 57.7 Å². The van der Waals surface area contributed by atoms with Gasteiger partial charge in [0.1, 0.15) is 5.56 Å². The number of halogens is 1. The average Bonchev–Trinajstić information content (AvgIpc) is 2.76. The lowest BCUT2D eigenvalue weighted by Crippen LogP contribution is -2.27. The second kappa shape index (κ2) is 12.3. The molecule has 31 heavy (non-hydrogen) atoms. The first-order valence-corrected chi connectivity index (χ1v) is 11.1. The summed E-state index contributed by atoms with van der Waals surface area (Å²) in [7, 11) is 0. The Balaban J connectivity index is 2.01. The number of ether oxygens (including phenoxy) is 1. The van der Waals surface area contributed by atoms with Crippen molar-refractivity contribution in [3.8, 4) is 5.88 Å². The minimum atomic E-state index is -0.962. The van der Waals surface area contributed by atoms with Crippen LogP contribution in [0.2, 0.25) is 5.02 Å². The Hall–Kier alpha value is -2.60. The number of nitrogens with zero attached hydrogens (tertiary/aromatic N) is 1. The van der Waals surface area contributed by atoms with Gasteiger partial charge in [0.25, 0.3) is 5.91 Å². The Morgan fingerprint density at radius 2 is 1.94 bits per heavy atom. The maximum Gasteiger partial charge on any atom is 0.335 e.